The summed E-state index contributed by atoms with van der Waals surface area (Å²) in [4.78, 5) is 22.7. The Labute approximate surface area is 179 Å². The summed E-state index contributed by atoms with van der Waals surface area (Å²) in [6.07, 6.45) is -2.30. The molecule has 2 aliphatic heterocycles. The first-order valence-corrected chi connectivity index (χ1v) is 10.3. The highest BCUT2D eigenvalue weighted by Crippen LogP contribution is 2.29. The van der Waals surface area contributed by atoms with Crippen LogP contribution in [0.2, 0.25) is 0 Å². The molecule has 31 heavy (non-hydrogen) atoms. The molecule has 1 amide bonds. The van der Waals surface area contributed by atoms with Crippen molar-refractivity contribution >= 4 is 17.4 Å². The van der Waals surface area contributed by atoms with Crippen LogP contribution in [0.25, 0.3) is 0 Å². The number of ether oxygens (including phenoxy) is 1. The molecule has 0 saturated carbocycles. The van der Waals surface area contributed by atoms with Crippen molar-refractivity contribution in [3.8, 4) is 0 Å². The van der Waals surface area contributed by atoms with Gasteiger partial charge in [-0.05, 0) is 42.8 Å². The van der Waals surface area contributed by atoms with Crippen molar-refractivity contribution in [1.82, 2.24) is 9.88 Å². The molecule has 4 rings (SSSR count). The molecule has 0 radical (unpaired) electrons. The van der Waals surface area contributed by atoms with Gasteiger partial charge in [-0.1, -0.05) is 0 Å². The number of hydrogen-bond acceptors (Lipinski definition) is 5. The van der Waals surface area contributed by atoms with E-state index in [0.717, 1.165) is 37.5 Å². The highest BCUT2D eigenvalue weighted by atomic mass is 19.4. The Morgan fingerprint density at radius 2 is 1.71 bits per heavy atom. The summed E-state index contributed by atoms with van der Waals surface area (Å²) in [6, 6.07) is 10.0. The van der Waals surface area contributed by atoms with Crippen LogP contribution in [0.3, 0.4) is 0 Å². The van der Waals surface area contributed by atoms with Crippen LogP contribution >= 0.6 is 0 Å². The number of anilines is 2. The van der Waals surface area contributed by atoms with E-state index in [9.17, 15) is 18.0 Å². The molecule has 0 N–H and O–H groups in total. The van der Waals surface area contributed by atoms with Gasteiger partial charge >= 0.3 is 6.18 Å². The van der Waals surface area contributed by atoms with E-state index in [2.05, 4.69) is 9.88 Å². The van der Waals surface area contributed by atoms with Crippen molar-refractivity contribution in [3.63, 3.8) is 0 Å². The van der Waals surface area contributed by atoms with Crippen molar-refractivity contribution in [2.75, 3.05) is 56.2 Å². The molecule has 0 spiro atoms. The number of aromatic nitrogens is 1. The maximum absolute atomic E-state index is 12.9. The first-order valence-electron chi connectivity index (χ1n) is 10.3. The summed E-state index contributed by atoms with van der Waals surface area (Å²) in [7, 11) is 1.73. The van der Waals surface area contributed by atoms with Crippen LogP contribution in [-0.4, -0.2) is 68.3 Å². The predicted molar refractivity (Wildman–Crippen MR) is 111 cm³/mol. The highest BCUT2D eigenvalue weighted by molar-refractivity contribution is 5.94. The third kappa shape index (κ3) is 4.76. The zero-order chi connectivity index (χ0) is 22.0. The Bertz CT molecular complexity index is 894. The Morgan fingerprint density at radius 3 is 2.26 bits per heavy atom. The lowest BCUT2D eigenvalue weighted by Crippen LogP contribution is -2.49. The molecule has 2 aromatic rings. The van der Waals surface area contributed by atoms with E-state index in [0.29, 0.717) is 37.6 Å². The lowest BCUT2D eigenvalue weighted by atomic mass is 10.1. The van der Waals surface area contributed by atoms with Crippen LogP contribution in [0.1, 0.15) is 22.3 Å². The van der Waals surface area contributed by atoms with E-state index in [4.69, 9.17) is 4.74 Å². The maximum atomic E-state index is 12.9. The van der Waals surface area contributed by atoms with Crippen LogP contribution in [0.5, 0.6) is 0 Å². The number of carbonyl (C=O) groups is 1. The largest absolute Gasteiger partial charge is 0.417 e. The number of halogens is 3. The van der Waals surface area contributed by atoms with Crippen molar-refractivity contribution in [1.29, 1.82) is 0 Å². The van der Waals surface area contributed by atoms with E-state index in [1.807, 2.05) is 29.2 Å². The van der Waals surface area contributed by atoms with Gasteiger partial charge in [-0.25, -0.2) is 4.98 Å². The molecule has 0 aliphatic carbocycles. The number of benzene rings is 1. The molecule has 1 aromatic carbocycles. The lowest BCUT2D eigenvalue weighted by molar-refractivity contribution is -0.137. The number of rotatable bonds is 4. The number of carbonyl (C=O) groups excluding carboxylic acids is 1. The average Bonchev–Trinajstić information content (AvgIpc) is 3.28. The minimum atomic E-state index is -4.40. The molecule has 6 nitrogen and oxygen atoms in total. The predicted octanol–water partition coefficient (Wildman–Crippen LogP) is 3.29. The Morgan fingerprint density at radius 1 is 1.00 bits per heavy atom. The van der Waals surface area contributed by atoms with Crippen molar-refractivity contribution in [2.45, 2.75) is 18.7 Å². The molecule has 0 unspecified atom stereocenters. The Hall–Kier alpha value is -2.81. The average molecular weight is 434 g/mol. The van der Waals surface area contributed by atoms with Crippen molar-refractivity contribution in [3.05, 3.63) is 53.7 Å². The van der Waals surface area contributed by atoms with E-state index < -0.39 is 11.7 Å². The van der Waals surface area contributed by atoms with Gasteiger partial charge in [-0.2, -0.15) is 13.2 Å². The molecule has 1 atom stereocenters. The number of hydrogen-bond donors (Lipinski definition) is 0. The number of nitrogens with zero attached hydrogens (tertiary/aromatic N) is 4. The van der Waals surface area contributed by atoms with E-state index in [-0.39, 0.29) is 12.0 Å². The molecular weight excluding hydrogens is 409 g/mol. The van der Waals surface area contributed by atoms with Crippen LogP contribution < -0.4 is 9.80 Å². The normalized spacial score (nSPS) is 19.7. The van der Waals surface area contributed by atoms with Gasteiger partial charge in [0.05, 0.1) is 11.7 Å². The van der Waals surface area contributed by atoms with Gasteiger partial charge < -0.3 is 19.4 Å². The number of methoxy groups -OCH3 is 1. The van der Waals surface area contributed by atoms with Gasteiger partial charge in [0, 0.05) is 63.8 Å². The summed E-state index contributed by atoms with van der Waals surface area (Å²) in [5.41, 5.74) is 0.946. The second kappa shape index (κ2) is 8.74. The SMILES string of the molecule is CO[C@@H]1CCN(c2ccc(C(=O)N3CCN(c4ccc(C(F)(F)F)cn4)CC3)cc2)C1. The molecule has 0 bridgehead atoms. The highest BCUT2D eigenvalue weighted by Gasteiger charge is 2.31. The molecule has 166 valence electrons. The third-order valence-electron chi connectivity index (χ3n) is 5.92. The quantitative estimate of drug-likeness (QED) is 0.739. The minimum absolute atomic E-state index is 0.0391. The van der Waals surface area contributed by atoms with Crippen LogP contribution in [0, 0.1) is 0 Å². The number of alkyl halides is 3. The number of amides is 1. The first kappa shape index (κ1) is 21.4. The summed E-state index contributed by atoms with van der Waals surface area (Å²) < 4.78 is 43.5. The molecule has 1 aromatic heterocycles. The van der Waals surface area contributed by atoms with Crippen LogP contribution in [0.15, 0.2) is 42.6 Å². The second-order valence-corrected chi connectivity index (χ2v) is 7.82. The molecule has 2 fully saturated rings. The van der Waals surface area contributed by atoms with Gasteiger partial charge in [-0.3, -0.25) is 4.79 Å². The van der Waals surface area contributed by atoms with Gasteiger partial charge in [-0.15, -0.1) is 0 Å². The first-order chi connectivity index (χ1) is 14.8. The number of piperazine rings is 1. The summed E-state index contributed by atoms with van der Waals surface area (Å²) in [5.74, 6) is 0.451. The Balaban J connectivity index is 1.33. The van der Waals surface area contributed by atoms with Gasteiger partial charge in [0.1, 0.15) is 5.82 Å². The maximum Gasteiger partial charge on any atom is 0.417 e. The molecule has 9 heteroatoms. The van der Waals surface area contributed by atoms with Gasteiger partial charge in [0.15, 0.2) is 0 Å². The van der Waals surface area contributed by atoms with E-state index in [1.54, 1.807) is 12.0 Å². The standard InChI is InChI=1S/C22H25F3N4O2/c1-31-19-8-9-29(15-19)18-5-2-16(3-6-18)21(30)28-12-10-27(11-13-28)20-7-4-17(14-26-20)22(23,24)25/h2-7,14,19H,8-13,15H2,1H3/t19-/m1/s1. The van der Waals surface area contributed by atoms with Crippen LogP contribution in [0.4, 0.5) is 24.7 Å². The zero-order valence-corrected chi connectivity index (χ0v) is 17.3. The summed E-state index contributed by atoms with van der Waals surface area (Å²) in [5, 5.41) is 0. The topological polar surface area (TPSA) is 48.9 Å². The fourth-order valence-corrected chi connectivity index (χ4v) is 4.03. The molecule has 2 aliphatic rings. The van der Waals surface area contributed by atoms with Crippen molar-refractivity contribution in [2.24, 2.45) is 0 Å². The smallest absolute Gasteiger partial charge is 0.380 e. The Kier molecular flexibility index (Phi) is 6.04. The lowest BCUT2D eigenvalue weighted by Gasteiger charge is -2.35. The summed E-state index contributed by atoms with van der Waals surface area (Å²) in [6.45, 7) is 3.81. The molecule has 2 saturated heterocycles. The van der Waals surface area contributed by atoms with Gasteiger partial charge in [0.2, 0.25) is 0 Å². The minimum Gasteiger partial charge on any atom is -0.380 e. The molecular formula is C22H25F3N4O2. The zero-order valence-electron chi connectivity index (χ0n) is 17.3. The van der Waals surface area contributed by atoms with Crippen LogP contribution in [-0.2, 0) is 10.9 Å². The fraction of sp³-hybridized carbons (Fsp3) is 0.455. The van der Waals surface area contributed by atoms with E-state index >= 15 is 0 Å². The second-order valence-electron chi connectivity index (χ2n) is 7.82. The third-order valence-corrected chi connectivity index (χ3v) is 5.92. The monoisotopic (exact) mass is 434 g/mol. The fourth-order valence-electron chi connectivity index (χ4n) is 4.03. The summed E-state index contributed by atoms with van der Waals surface area (Å²) >= 11 is 0. The van der Waals surface area contributed by atoms with Gasteiger partial charge in [0.25, 0.3) is 5.91 Å². The van der Waals surface area contributed by atoms with E-state index in [1.165, 1.54) is 6.07 Å². The molecule has 3 heterocycles. The van der Waals surface area contributed by atoms with Crippen molar-refractivity contribution < 1.29 is 22.7 Å². The number of pyridine rings is 1.